The Bertz CT molecular complexity index is 457. The maximum absolute atomic E-state index is 13.2. The number of rotatable bonds is 5. The molecule has 0 spiro atoms. The molecule has 0 radical (unpaired) electrons. The second kappa shape index (κ2) is 7.29. The maximum atomic E-state index is 13.2. The Labute approximate surface area is 125 Å². The van der Waals surface area contributed by atoms with Gasteiger partial charge in [-0.05, 0) is 63.6 Å². The van der Waals surface area contributed by atoms with Gasteiger partial charge in [-0.3, -0.25) is 0 Å². The van der Waals surface area contributed by atoms with E-state index in [-0.39, 0.29) is 6.04 Å². The minimum Gasteiger partial charge on any atom is -0.323 e. The van der Waals surface area contributed by atoms with E-state index >= 15 is 0 Å². The number of benzene rings is 1. The number of nitrogens with two attached hydrogens (primary N) is 1. The molecule has 3 nitrogen and oxygen atoms in total. The minimum absolute atomic E-state index is 0.273. The van der Waals surface area contributed by atoms with Gasteiger partial charge >= 0.3 is 0 Å². The molecule has 1 aliphatic heterocycles. The summed E-state index contributed by atoms with van der Waals surface area (Å²) in [5.41, 5.74) is 6.78. The van der Waals surface area contributed by atoms with E-state index in [1.807, 2.05) is 0 Å². The first-order valence-electron chi connectivity index (χ1n) is 7.53. The average molecular weight is 297 g/mol. The van der Waals surface area contributed by atoms with Crippen LogP contribution in [0.1, 0.15) is 24.4 Å². The lowest BCUT2D eigenvalue weighted by molar-refractivity contribution is 0.156. The quantitative estimate of drug-likeness (QED) is 0.904. The predicted octanol–water partition coefficient (Wildman–Crippen LogP) is 2.24. The molecule has 5 heteroatoms. The normalized spacial score (nSPS) is 19.1. The number of likely N-dealkylation sites (tertiary alicyclic amines) is 1. The van der Waals surface area contributed by atoms with Crippen LogP contribution in [0.5, 0.6) is 0 Å². The van der Waals surface area contributed by atoms with E-state index in [0.717, 1.165) is 31.6 Å². The van der Waals surface area contributed by atoms with Crippen molar-refractivity contribution in [3.8, 4) is 0 Å². The van der Waals surface area contributed by atoms with Crippen LogP contribution in [-0.4, -0.2) is 50.1 Å². The summed E-state index contributed by atoms with van der Waals surface area (Å²) in [6.07, 6.45) is 2.34. The third-order valence-corrected chi connectivity index (χ3v) is 4.16. The summed E-state index contributed by atoms with van der Waals surface area (Å²) in [6, 6.07) is 3.65. The van der Waals surface area contributed by atoms with Gasteiger partial charge in [-0.1, -0.05) is 6.07 Å². The van der Waals surface area contributed by atoms with E-state index < -0.39 is 11.6 Å². The molecule has 1 aliphatic rings. The zero-order valence-corrected chi connectivity index (χ0v) is 12.9. The topological polar surface area (TPSA) is 32.5 Å². The zero-order chi connectivity index (χ0) is 15.4. The van der Waals surface area contributed by atoms with Crippen molar-refractivity contribution in [1.29, 1.82) is 0 Å². The van der Waals surface area contributed by atoms with Crippen molar-refractivity contribution in [3.05, 3.63) is 35.4 Å². The van der Waals surface area contributed by atoms with Crippen molar-refractivity contribution < 1.29 is 8.78 Å². The first kappa shape index (κ1) is 16.3. The fourth-order valence-corrected chi connectivity index (χ4v) is 2.99. The van der Waals surface area contributed by atoms with Crippen LogP contribution in [0, 0.1) is 17.6 Å². The Kier molecular flexibility index (Phi) is 5.67. The predicted molar refractivity (Wildman–Crippen MR) is 81.0 cm³/mol. The molecule has 0 bridgehead atoms. The highest BCUT2D eigenvalue weighted by atomic mass is 19.2. The molecule has 0 amide bonds. The summed E-state index contributed by atoms with van der Waals surface area (Å²) in [5.74, 6) is -0.904. The first-order valence-corrected chi connectivity index (χ1v) is 7.53. The summed E-state index contributed by atoms with van der Waals surface area (Å²) in [5, 5.41) is 0. The van der Waals surface area contributed by atoms with Crippen LogP contribution in [0.2, 0.25) is 0 Å². The molecule has 1 aromatic carbocycles. The second-order valence-corrected chi connectivity index (χ2v) is 6.29. The smallest absolute Gasteiger partial charge is 0.159 e. The minimum atomic E-state index is -0.826. The van der Waals surface area contributed by atoms with Crippen molar-refractivity contribution in [1.82, 2.24) is 9.80 Å². The van der Waals surface area contributed by atoms with Crippen LogP contribution >= 0.6 is 0 Å². The lowest BCUT2D eigenvalue weighted by atomic mass is 9.95. The molecule has 0 aromatic heterocycles. The zero-order valence-electron chi connectivity index (χ0n) is 12.9. The van der Waals surface area contributed by atoms with E-state index in [2.05, 4.69) is 23.9 Å². The third-order valence-electron chi connectivity index (χ3n) is 4.16. The summed E-state index contributed by atoms with van der Waals surface area (Å²) in [6.45, 7) is 3.87. The summed E-state index contributed by atoms with van der Waals surface area (Å²) in [4.78, 5) is 4.55. The standard InChI is InChI=1S/C16H25F2N3/c1-20(2)10-12-5-7-21(8-6-12)11-16(19)13-3-4-14(17)15(18)9-13/h3-4,9,12,16H,5-8,10-11,19H2,1-2H3. The van der Waals surface area contributed by atoms with Gasteiger partial charge in [0, 0.05) is 19.1 Å². The molecule has 1 unspecified atom stereocenters. The lowest BCUT2D eigenvalue weighted by Crippen LogP contribution is -2.40. The highest BCUT2D eigenvalue weighted by molar-refractivity contribution is 5.21. The Morgan fingerprint density at radius 1 is 1.24 bits per heavy atom. The molecule has 1 aromatic rings. The van der Waals surface area contributed by atoms with Gasteiger partial charge in [0.15, 0.2) is 11.6 Å². The van der Waals surface area contributed by atoms with Crippen LogP contribution in [0.25, 0.3) is 0 Å². The van der Waals surface area contributed by atoms with Gasteiger partial charge in [-0.2, -0.15) is 0 Å². The van der Waals surface area contributed by atoms with Crippen molar-refractivity contribution in [2.45, 2.75) is 18.9 Å². The number of piperidine rings is 1. The van der Waals surface area contributed by atoms with Crippen LogP contribution in [-0.2, 0) is 0 Å². The maximum Gasteiger partial charge on any atom is 0.159 e. The van der Waals surface area contributed by atoms with Gasteiger partial charge in [0.1, 0.15) is 0 Å². The Morgan fingerprint density at radius 2 is 1.90 bits per heavy atom. The number of hydrogen-bond acceptors (Lipinski definition) is 3. The largest absolute Gasteiger partial charge is 0.323 e. The summed E-state index contributed by atoms with van der Waals surface area (Å²) in [7, 11) is 4.21. The molecule has 1 atom stereocenters. The van der Waals surface area contributed by atoms with E-state index in [1.165, 1.54) is 18.9 Å². The highest BCUT2D eigenvalue weighted by Gasteiger charge is 2.21. The van der Waals surface area contributed by atoms with Gasteiger partial charge in [0.25, 0.3) is 0 Å². The van der Waals surface area contributed by atoms with E-state index in [4.69, 9.17) is 5.73 Å². The molecule has 21 heavy (non-hydrogen) atoms. The average Bonchev–Trinajstić information content (AvgIpc) is 2.43. The fraction of sp³-hybridized carbons (Fsp3) is 0.625. The Balaban J connectivity index is 1.84. The number of nitrogens with zero attached hydrogens (tertiary/aromatic N) is 2. The molecule has 1 fully saturated rings. The molecule has 118 valence electrons. The molecule has 1 heterocycles. The molecule has 2 N–H and O–H groups in total. The molecular weight excluding hydrogens is 272 g/mol. The van der Waals surface area contributed by atoms with Crippen LogP contribution in [0.3, 0.4) is 0 Å². The molecule has 0 aliphatic carbocycles. The monoisotopic (exact) mass is 297 g/mol. The summed E-state index contributed by atoms with van der Waals surface area (Å²) < 4.78 is 26.2. The third kappa shape index (κ3) is 4.73. The molecular formula is C16H25F2N3. The van der Waals surface area contributed by atoms with Gasteiger partial charge in [-0.25, -0.2) is 8.78 Å². The van der Waals surface area contributed by atoms with Gasteiger partial charge < -0.3 is 15.5 Å². The van der Waals surface area contributed by atoms with Gasteiger partial charge in [0.2, 0.25) is 0 Å². The number of hydrogen-bond donors (Lipinski definition) is 1. The second-order valence-electron chi connectivity index (χ2n) is 6.29. The molecule has 2 rings (SSSR count). The molecule has 0 saturated carbocycles. The van der Waals surface area contributed by atoms with Gasteiger partial charge in [-0.15, -0.1) is 0 Å². The first-order chi connectivity index (χ1) is 9.95. The number of halogens is 2. The van der Waals surface area contributed by atoms with E-state index in [1.54, 1.807) is 6.07 Å². The SMILES string of the molecule is CN(C)CC1CCN(CC(N)c2ccc(F)c(F)c2)CC1. The van der Waals surface area contributed by atoms with Crippen molar-refractivity contribution in [3.63, 3.8) is 0 Å². The van der Waals surface area contributed by atoms with Crippen LogP contribution < -0.4 is 5.73 Å². The van der Waals surface area contributed by atoms with Crippen LogP contribution in [0.4, 0.5) is 8.78 Å². The van der Waals surface area contributed by atoms with E-state index in [9.17, 15) is 8.78 Å². The van der Waals surface area contributed by atoms with Crippen molar-refractivity contribution in [2.75, 3.05) is 40.3 Å². The van der Waals surface area contributed by atoms with Crippen molar-refractivity contribution in [2.24, 2.45) is 11.7 Å². The van der Waals surface area contributed by atoms with E-state index in [0.29, 0.717) is 12.1 Å². The summed E-state index contributed by atoms with van der Waals surface area (Å²) >= 11 is 0. The van der Waals surface area contributed by atoms with Gasteiger partial charge in [0.05, 0.1) is 0 Å². The molecule has 1 saturated heterocycles. The fourth-order valence-electron chi connectivity index (χ4n) is 2.99. The lowest BCUT2D eigenvalue weighted by Gasteiger charge is -2.34. The Hall–Kier alpha value is -1.04. The van der Waals surface area contributed by atoms with Crippen LogP contribution in [0.15, 0.2) is 18.2 Å². The Morgan fingerprint density at radius 3 is 2.48 bits per heavy atom. The highest BCUT2D eigenvalue weighted by Crippen LogP contribution is 2.21. The van der Waals surface area contributed by atoms with Crippen molar-refractivity contribution >= 4 is 0 Å².